The summed E-state index contributed by atoms with van der Waals surface area (Å²) in [4.78, 5) is 11.4. The molecule has 0 radical (unpaired) electrons. The third kappa shape index (κ3) is 2.59. The number of aromatic nitrogens is 1. The lowest BCUT2D eigenvalue weighted by Gasteiger charge is -2.22. The molecule has 0 saturated carbocycles. The molecule has 0 spiro atoms. The predicted octanol–water partition coefficient (Wildman–Crippen LogP) is 0.393. The van der Waals surface area contributed by atoms with Gasteiger partial charge in [0.15, 0.2) is 0 Å². The van der Waals surface area contributed by atoms with Crippen LogP contribution in [-0.2, 0) is 18.4 Å². The highest BCUT2D eigenvalue weighted by Crippen LogP contribution is 2.05. The maximum absolute atomic E-state index is 11.4. The van der Waals surface area contributed by atoms with Crippen LogP contribution in [0.4, 0.5) is 0 Å². The summed E-state index contributed by atoms with van der Waals surface area (Å²) in [5.74, 6) is 0.136. The largest absolute Gasteiger partial charge is 0.357 e. The minimum Gasteiger partial charge on any atom is -0.357 e. The molecule has 1 unspecified atom stereocenters. The van der Waals surface area contributed by atoms with E-state index in [0.717, 1.165) is 25.9 Å². The maximum atomic E-state index is 11.4. The Bertz CT molecular complexity index is 345. The van der Waals surface area contributed by atoms with Gasteiger partial charge in [-0.2, -0.15) is 0 Å². The van der Waals surface area contributed by atoms with E-state index in [0.29, 0.717) is 0 Å². The van der Waals surface area contributed by atoms with Gasteiger partial charge in [-0.3, -0.25) is 4.79 Å². The number of rotatable bonds is 3. The third-order valence-electron chi connectivity index (χ3n) is 2.73. The zero-order valence-corrected chi connectivity index (χ0v) is 8.99. The van der Waals surface area contributed by atoms with Gasteiger partial charge in [0.1, 0.15) is 0 Å². The quantitative estimate of drug-likeness (QED) is 0.753. The van der Waals surface area contributed by atoms with Crippen molar-refractivity contribution < 1.29 is 4.79 Å². The molecule has 1 aromatic heterocycles. The minimum atomic E-state index is -0.0149. The van der Waals surface area contributed by atoms with Gasteiger partial charge >= 0.3 is 0 Å². The van der Waals surface area contributed by atoms with Gasteiger partial charge in [-0.15, -0.1) is 0 Å². The van der Waals surface area contributed by atoms with Crippen molar-refractivity contribution in [3.8, 4) is 0 Å². The second-order valence-corrected chi connectivity index (χ2v) is 4.05. The summed E-state index contributed by atoms with van der Waals surface area (Å²) in [5, 5.41) is 6.14. The normalized spacial score (nSPS) is 21.4. The van der Waals surface area contributed by atoms with Gasteiger partial charge in [-0.25, -0.2) is 0 Å². The number of nitrogens with one attached hydrogen (secondary N) is 2. The molecule has 2 heterocycles. The first kappa shape index (κ1) is 10.2. The van der Waals surface area contributed by atoms with Crippen LogP contribution in [0.25, 0.3) is 0 Å². The van der Waals surface area contributed by atoms with Crippen molar-refractivity contribution in [1.82, 2.24) is 15.2 Å². The van der Waals surface area contributed by atoms with E-state index in [1.807, 2.05) is 17.8 Å². The van der Waals surface area contributed by atoms with E-state index < -0.39 is 0 Å². The number of carbonyl (C=O) groups excluding carboxylic acids is 1. The summed E-state index contributed by atoms with van der Waals surface area (Å²) in [6.07, 6.45) is 6.09. The molecule has 1 aliphatic heterocycles. The van der Waals surface area contributed by atoms with Crippen molar-refractivity contribution in [3.05, 3.63) is 24.0 Å². The molecule has 15 heavy (non-hydrogen) atoms. The van der Waals surface area contributed by atoms with Crippen LogP contribution in [0.3, 0.4) is 0 Å². The highest BCUT2D eigenvalue weighted by atomic mass is 16.2. The average molecular weight is 207 g/mol. The van der Waals surface area contributed by atoms with Gasteiger partial charge in [-0.05, 0) is 24.5 Å². The van der Waals surface area contributed by atoms with E-state index in [2.05, 4.69) is 22.9 Å². The number of hydrogen-bond acceptors (Lipinski definition) is 2. The molecule has 2 N–H and O–H groups in total. The first-order valence-electron chi connectivity index (χ1n) is 5.37. The molecule has 82 valence electrons. The van der Waals surface area contributed by atoms with Crippen LogP contribution in [0.5, 0.6) is 0 Å². The van der Waals surface area contributed by atoms with Crippen molar-refractivity contribution in [3.63, 3.8) is 0 Å². The Labute approximate surface area is 89.7 Å². The molecular weight excluding hydrogens is 190 g/mol. The van der Waals surface area contributed by atoms with Crippen LogP contribution in [0.15, 0.2) is 18.5 Å². The summed E-state index contributed by atoms with van der Waals surface area (Å²) in [6.45, 7) is 1.58. The van der Waals surface area contributed by atoms with Gasteiger partial charge < -0.3 is 15.2 Å². The van der Waals surface area contributed by atoms with Crippen LogP contribution in [0.1, 0.15) is 18.4 Å². The Morgan fingerprint density at radius 2 is 2.53 bits per heavy atom. The fourth-order valence-corrected chi connectivity index (χ4v) is 1.87. The Morgan fingerprint density at radius 3 is 3.20 bits per heavy atom. The van der Waals surface area contributed by atoms with Crippen molar-refractivity contribution in [2.75, 3.05) is 6.54 Å². The summed E-state index contributed by atoms with van der Waals surface area (Å²) < 4.78 is 2.01. The third-order valence-corrected chi connectivity index (χ3v) is 2.73. The molecule has 4 nitrogen and oxygen atoms in total. The number of nitrogens with zero attached hydrogens (tertiary/aromatic N) is 1. The second kappa shape index (κ2) is 4.49. The highest BCUT2D eigenvalue weighted by Gasteiger charge is 2.20. The molecule has 2 rings (SSSR count). The summed E-state index contributed by atoms with van der Waals surface area (Å²) in [5.41, 5.74) is 1.22. The summed E-state index contributed by atoms with van der Waals surface area (Å²) in [6, 6.07) is 2.05. The lowest BCUT2D eigenvalue weighted by molar-refractivity contribution is -0.124. The molecule has 0 aromatic carbocycles. The standard InChI is InChI=1S/C11H17N3O/c1-14-6-4-9(8-14)7-13-10-3-2-5-12-11(10)15/h4,6,8,10,13H,2-3,5,7H2,1H3,(H,12,15). The zero-order valence-electron chi connectivity index (χ0n) is 8.99. The van der Waals surface area contributed by atoms with Crippen molar-refractivity contribution in [2.45, 2.75) is 25.4 Å². The van der Waals surface area contributed by atoms with E-state index in [9.17, 15) is 4.79 Å². The molecule has 1 saturated heterocycles. The first-order chi connectivity index (χ1) is 7.25. The number of hydrogen-bond donors (Lipinski definition) is 2. The summed E-state index contributed by atoms with van der Waals surface area (Å²) >= 11 is 0. The van der Waals surface area contributed by atoms with Crippen LogP contribution in [0, 0.1) is 0 Å². The zero-order chi connectivity index (χ0) is 10.7. The Kier molecular flexibility index (Phi) is 3.06. The smallest absolute Gasteiger partial charge is 0.237 e. The van der Waals surface area contributed by atoms with Crippen molar-refractivity contribution >= 4 is 5.91 Å². The SMILES string of the molecule is Cn1ccc(CNC2CCCNC2=O)c1. The van der Waals surface area contributed by atoms with E-state index in [-0.39, 0.29) is 11.9 Å². The van der Waals surface area contributed by atoms with Gasteiger partial charge in [0.05, 0.1) is 6.04 Å². The molecule has 1 atom stereocenters. The molecule has 1 amide bonds. The number of aryl methyl sites for hydroxylation is 1. The van der Waals surface area contributed by atoms with E-state index in [4.69, 9.17) is 0 Å². The van der Waals surface area contributed by atoms with E-state index in [1.54, 1.807) is 0 Å². The minimum absolute atomic E-state index is 0.0149. The maximum Gasteiger partial charge on any atom is 0.237 e. The van der Waals surface area contributed by atoms with Crippen LogP contribution >= 0.6 is 0 Å². The van der Waals surface area contributed by atoms with Crippen LogP contribution in [-0.4, -0.2) is 23.1 Å². The number of piperidine rings is 1. The van der Waals surface area contributed by atoms with Gasteiger partial charge in [0, 0.05) is 32.5 Å². The molecule has 1 aromatic rings. The Hall–Kier alpha value is -1.29. The van der Waals surface area contributed by atoms with Gasteiger partial charge in [0.2, 0.25) is 5.91 Å². The van der Waals surface area contributed by atoms with Crippen molar-refractivity contribution in [2.24, 2.45) is 7.05 Å². The van der Waals surface area contributed by atoms with Gasteiger partial charge in [0.25, 0.3) is 0 Å². The molecule has 1 fully saturated rings. The van der Waals surface area contributed by atoms with E-state index in [1.165, 1.54) is 5.56 Å². The highest BCUT2D eigenvalue weighted by molar-refractivity contribution is 5.82. The topological polar surface area (TPSA) is 46.1 Å². The molecule has 0 aliphatic carbocycles. The molecular formula is C11H17N3O. The lowest BCUT2D eigenvalue weighted by Crippen LogP contribution is -2.47. The van der Waals surface area contributed by atoms with Crippen LogP contribution < -0.4 is 10.6 Å². The molecule has 4 heteroatoms. The monoisotopic (exact) mass is 207 g/mol. The molecule has 0 bridgehead atoms. The number of carbonyl (C=O) groups is 1. The fourth-order valence-electron chi connectivity index (χ4n) is 1.87. The van der Waals surface area contributed by atoms with Gasteiger partial charge in [-0.1, -0.05) is 0 Å². The molecule has 1 aliphatic rings. The van der Waals surface area contributed by atoms with Crippen LogP contribution in [0.2, 0.25) is 0 Å². The summed E-state index contributed by atoms with van der Waals surface area (Å²) in [7, 11) is 2.00. The predicted molar refractivity (Wildman–Crippen MR) is 58.3 cm³/mol. The first-order valence-corrected chi connectivity index (χ1v) is 5.37. The van der Waals surface area contributed by atoms with Crippen molar-refractivity contribution in [1.29, 1.82) is 0 Å². The lowest BCUT2D eigenvalue weighted by atomic mass is 10.1. The Balaban J connectivity index is 1.84. The second-order valence-electron chi connectivity index (χ2n) is 4.05. The Morgan fingerprint density at radius 1 is 1.67 bits per heavy atom. The number of amides is 1. The fraction of sp³-hybridized carbons (Fsp3) is 0.545. The average Bonchev–Trinajstić information content (AvgIpc) is 2.63. The van der Waals surface area contributed by atoms with E-state index >= 15 is 0 Å².